The lowest BCUT2D eigenvalue weighted by atomic mass is 9.98. The number of amides is 2. The number of nitrogens with two attached hydrogens (primary N) is 1. The summed E-state index contributed by atoms with van der Waals surface area (Å²) in [6.07, 6.45) is 3.66. The van der Waals surface area contributed by atoms with Crippen molar-refractivity contribution < 1.29 is 14.3 Å². The number of ether oxygens (including phenoxy) is 1. The third-order valence-corrected chi connectivity index (χ3v) is 5.53. The van der Waals surface area contributed by atoms with Gasteiger partial charge in [0.2, 0.25) is 5.91 Å². The molecule has 0 aliphatic carbocycles. The average molecular weight is 359 g/mol. The van der Waals surface area contributed by atoms with E-state index in [1.807, 2.05) is 42.0 Å². The lowest BCUT2D eigenvalue weighted by Crippen LogP contribution is -2.42. The first-order valence-electron chi connectivity index (χ1n) is 9.50. The van der Waals surface area contributed by atoms with Crippen LogP contribution in [0.4, 0.5) is 0 Å². The maximum absolute atomic E-state index is 13.1. The van der Waals surface area contributed by atoms with Gasteiger partial charge >= 0.3 is 0 Å². The highest BCUT2D eigenvalue weighted by atomic mass is 16.5. The van der Waals surface area contributed by atoms with E-state index in [0.717, 1.165) is 37.0 Å². The van der Waals surface area contributed by atoms with E-state index in [1.54, 1.807) is 0 Å². The van der Waals surface area contributed by atoms with Gasteiger partial charge in [0.05, 0.1) is 12.5 Å². The molecule has 2 aliphatic heterocycles. The van der Waals surface area contributed by atoms with Crippen molar-refractivity contribution in [2.75, 3.05) is 33.3 Å². The van der Waals surface area contributed by atoms with Crippen molar-refractivity contribution in [3.05, 3.63) is 29.3 Å². The fourth-order valence-corrected chi connectivity index (χ4v) is 3.87. The topological polar surface area (TPSA) is 75.9 Å². The second-order valence-electron chi connectivity index (χ2n) is 7.41. The molecule has 2 amide bonds. The van der Waals surface area contributed by atoms with Crippen molar-refractivity contribution in [2.24, 2.45) is 11.7 Å². The summed E-state index contributed by atoms with van der Waals surface area (Å²) >= 11 is 0. The summed E-state index contributed by atoms with van der Waals surface area (Å²) in [6, 6.07) is 5.70. The molecule has 0 saturated carbocycles. The molecule has 0 aromatic heterocycles. The lowest BCUT2D eigenvalue weighted by Gasteiger charge is -2.29. The Hall–Kier alpha value is -2.08. The Balaban J connectivity index is 1.78. The predicted molar refractivity (Wildman–Crippen MR) is 100 cm³/mol. The molecule has 2 saturated heterocycles. The molecule has 2 N–H and O–H groups in total. The summed E-state index contributed by atoms with van der Waals surface area (Å²) in [7, 11) is 1.87. The van der Waals surface area contributed by atoms with Crippen LogP contribution in [0, 0.1) is 12.8 Å². The van der Waals surface area contributed by atoms with Gasteiger partial charge in [0.15, 0.2) is 0 Å². The molecular weight excluding hydrogens is 330 g/mol. The third kappa shape index (κ3) is 3.85. The molecular formula is C20H29N3O3. The number of benzene rings is 1. The van der Waals surface area contributed by atoms with E-state index < -0.39 is 0 Å². The van der Waals surface area contributed by atoms with E-state index in [4.69, 9.17) is 10.5 Å². The minimum absolute atomic E-state index is 0.0197. The fraction of sp³-hybridized carbons (Fsp3) is 0.600. The van der Waals surface area contributed by atoms with E-state index in [0.29, 0.717) is 31.8 Å². The van der Waals surface area contributed by atoms with Crippen LogP contribution in [0.2, 0.25) is 0 Å². The summed E-state index contributed by atoms with van der Waals surface area (Å²) in [5, 5.41) is 0. The van der Waals surface area contributed by atoms with E-state index in [2.05, 4.69) is 0 Å². The minimum atomic E-state index is -0.0813. The molecule has 1 aromatic carbocycles. The molecule has 2 heterocycles. The standard InChI is InChI=1S/C20H29N3O3/c1-14-7-8-15(11-18(14)26-10-4-9-21)20(25)23-12-16-5-3-6-17(13-23)22(2)19(16)24/h7-8,11,16-17H,3-6,9-10,12-13,21H2,1-2H3. The maximum atomic E-state index is 13.1. The molecule has 0 radical (unpaired) electrons. The highest BCUT2D eigenvalue weighted by molar-refractivity contribution is 5.95. The van der Waals surface area contributed by atoms with Gasteiger partial charge in [0, 0.05) is 31.7 Å². The molecule has 2 aliphatic rings. The molecule has 3 rings (SSSR count). The first-order valence-corrected chi connectivity index (χ1v) is 9.50. The Bertz CT molecular complexity index is 676. The van der Waals surface area contributed by atoms with E-state index >= 15 is 0 Å². The SMILES string of the molecule is Cc1ccc(C(=O)N2CC3CCCC(C2)N(C)C3=O)cc1OCCCN. The molecule has 2 bridgehead atoms. The molecule has 26 heavy (non-hydrogen) atoms. The van der Waals surface area contributed by atoms with Crippen molar-refractivity contribution in [1.82, 2.24) is 9.80 Å². The zero-order valence-corrected chi connectivity index (χ0v) is 15.7. The largest absolute Gasteiger partial charge is 0.493 e. The van der Waals surface area contributed by atoms with Gasteiger partial charge in [-0.3, -0.25) is 9.59 Å². The van der Waals surface area contributed by atoms with Crippen LogP contribution in [-0.2, 0) is 4.79 Å². The molecule has 142 valence electrons. The first kappa shape index (κ1) is 18.7. The van der Waals surface area contributed by atoms with Crippen LogP contribution in [0.25, 0.3) is 0 Å². The van der Waals surface area contributed by atoms with Crippen LogP contribution in [-0.4, -0.2) is 60.9 Å². The van der Waals surface area contributed by atoms with Crippen molar-refractivity contribution in [3.63, 3.8) is 0 Å². The summed E-state index contributed by atoms with van der Waals surface area (Å²) in [5.74, 6) is 0.806. The van der Waals surface area contributed by atoms with E-state index in [9.17, 15) is 9.59 Å². The number of carbonyl (C=O) groups is 2. The smallest absolute Gasteiger partial charge is 0.254 e. The average Bonchev–Trinajstić information content (AvgIpc) is 2.81. The summed E-state index contributed by atoms with van der Waals surface area (Å²) < 4.78 is 5.78. The van der Waals surface area contributed by atoms with Crippen LogP contribution >= 0.6 is 0 Å². The van der Waals surface area contributed by atoms with Crippen LogP contribution in [0.15, 0.2) is 18.2 Å². The number of hydrogen-bond donors (Lipinski definition) is 1. The Morgan fingerprint density at radius 1 is 1.31 bits per heavy atom. The molecule has 0 spiro atoms. The van der Waals surface area contributed by atoms with Crippen molar-refractivity contribution in [1.29, 1.82) is 0 Å². The molecule has 2 atom stereocenters. The van der Waals surface area contributed by atoms with Gasteiger partial charge in [-0.25, -0.2) is 0 Å². The number of fused-ring (bicyclic) bond motifs is 3. The van der Waals surface area contributed by atoms with Gasteiger partial charge in [-0.05, 0) is 50.4 Å². The summed E-state index contributed by atoms with van der Waals surface area (Å²) in [5.41, 5.74) is 7.14. The fourth-order valence-electron chi connectivity index (χ4n) is 3.87. The van der Waals surface area contributed by atoms with Crippen molar-refractivity contribution >= 4 is 11.8 Å². The highest BCUT2D eigenvalue weighted by Gasteiger charge is 2.38. The number of likely N-dealkylation sites (tertiary alicyclic amines) is 1. The van der Waals surface area contributed by atoms with Crippen LogP contribution in [0.5, 0.6) is 5.75 Å². The van der Waals surface area contributed by atoms with Crippen molar-refractivity contribution in [2.45, 2.75) is 38.6 Å². The Morgan fingerprint density at radius 2 is 2.12 bits per heavy atom. The Labute approximate surface area is 155 Å². The number of carbonyl (C=O) groups excluding carboxylic acids is 2. The number of nitrogens with zero attached hydrogens (tertiary/aromatic N) is 2. The predicted octanol–water partition coefficient (Wildman–Crippen LogP) is 1.81. The molecule has 6 nitrogen and oxygen atoms in total. The molecule has 2 unspecified atom stereocenters. The Morgan fingerprint density at radius 3 is 2.88 bits per heavy atom. The number of aryl methyl sites for hydroxylation is 1. The van der Waals surface area contributed by atoms with Gasteiger partial charge in [-0.15, -0.1) is 0 Å². The Kier molecular flexibility index (Phi) is 5.81. The number of likely N-dealkylation sites (N-methyl/N-ethyl adjacent to an activating group) is 1. The van der Waals surface area contributed by atoms with Gasteiger partial charge in [0.25, 0.3) is 5.91 Å². The van der Waals surface area contributed by atoms with E-state index in [-0.39, 0.29) is 23.8 Å². The van der Waals surface area contributed by atoms with Crippen LogP contribution in [0.3, 0.4) is 0 Å². The van der Waals surface area contributed by atoms with Gasteiger partial charge < -0.3 is 20.3 Å². The van der Waals surface area contributed by atoms with Crippen LogP contribution in [0.1, 0.15) is 41.6 Å². The second-order valence-corrected chi connectivity index (χ2v) is 7.41. The minimum Gasteiger partial charge on any atom is -0.493 e. The van der Waals surface area contributed by atoms with Crippen LogP contribution < -0.4 is 10.5 Å². The van der Waals surface area contributed by atoms with Crippen molar-refractivity contribution in [3.8, 4) is 5.75 Å². The zero-order chi connectivity index (χ0) is 18.7. The summed E-state index contributed by atoms with van der Waals surface area (Å²) in [4.78, 5) is 29.3. The quantitative estimate of drug-likeness (QED) is 0.814. The second kappa shape index (κ2) is 8.08. The summed E-state index contributed by atoms with van der Waals surface area (Å²) in [6.45, 7) is 4.21. The maximum Gasteiger partial charge on any atom is 0.254 e. The zero-order valence-electron chi connectivity index (χ0n) is 15.7. The number of hydrogen-bond acceptors (Lipinski definition) is 4. The lowest BCUT2D eigenvalue weighted by molar-refractivity contribution is -0.134. The molecule has 2 fully saturated rings. The third-order valence-electron chi connectivity index (χ3n) is 5.53. The highest BCUT2D eigenvalue weighted by Crippen LogP contribution is 2.28. The van der Waals surface area contributed by atoms with Gasteiger partial charge in [-0.1, -0.05) is 12.5 Å². The molecule has 1 aromatic rings. The monoisotopic (exact) mass is 359 g/mol. The number of rotatable bonds is 5. The van der Waals surface area contributed by atoms with Gasteiger partial charge in [-0.2, -0.15) is 0 Å². The first-order chi connectivity index (χ1) is 12.5. The normalized spacial score (nSPS) is 23.0. The van der Waals surface area contributed by atoms with E-state index in [1.165, 1.54) is 0 Å². The molecule has 6 heteroatoms. The van der Waals surface area contributed by atoms with Gasteiger partial charge in [0.1, 0.15) is 5.75 Å².